The molecule has 1 N–H and O–H groups in total. The van der Waals surface area contributed by atoms with Crippen molar-refractivity contribution in [1.82, 2.24) is 35.1 Å². The topological polar surface area (TPSA) is 108 Å². The third-order valence-corrected chi connectivity index (χ3v) is 4.68. The zero-order chi connectivity index (χ0) is 17.8. The SMILES string of the molecule is CC(C(=O)NCCSc1nncn1C)n1nnc2ccccc2c1=O. The Bertz CT molecular complexity index is 952. The third kappa shape index (κ3) is 3.68. The summed E-state index contributed by atoms with van der Waals surface area (Å²) in [6, 6.07) is 6.17. The number of amides is 1. The molecule has 1 atom stereocenters. The van der Waals surface area contributed by atoms with E-state index in [-0.39, 0.29) is 11.5 Å². The molecule has 25 heavy (non-hydrogen) atoms. The highest BCUT2D eigenvalue weighted by molar-refractivity contribution is 7.99. The second kappa shape index (κ2) is 7.43. The predicted molar refractivity (Wildman–Crippen MR) is 93.2 cm³/mol. The van der Waals surface area contributed by atoms with Gasteiger partial charge in [0.15, 0.2) is 5.16 Å². The molecule has 0 aliphatic rings. The predicted octanol–water partition coefficient (Wildman–Crippen LogP) is 0.389. The Balaban J connectivity index is 1.61. The summed E-state index contributed by atoms with van der Waals surface area (Å²) in [6.45, 7) is 2.06. The number of carbonyl (C=O) groups is 1. The fourth-order valence-electron chi connectivity index (χ4n) is 2.23. The first kappa shape index (κ1) is 17.1. The number of carbonyl (C=O) groups excluding carboxylic acids is 1. The van der Waals surface area contributed by atoms with Crippen LogP contribution in [0.1, 0.15) is 13.0 Å². The summed E-state index contributed by atoms with van der Waals surface area (Å²) in [5, 5.41) is 19.6. The number of nitrogens with one attached hydrogen (secondary N) is 1. The normalized spacial score (nSPS) is 12.2. The standard InChI is InChI=1S/C15H17N7O2S/c1-10(13(23)16-7-8-25-15-19-17-9-21(15)2)22-14(24)11-5-3-4-6-12(11)18-20-22/h3-6,9-10H,7-8H2,1-2H3,(H,16,23). The van der Waals surface area contributed by atoms with Crippen molar-refractivity contribution in [3.8, 4) is 0 Å². The minimum Gasteiger partial charge on any atom is -0.353 e. The van der Waals surface area contributed by atoms with E-state index in [1.54, 1.807) is 42.1 Å². The number of aryl methyl sites for hydroxylation is 1. The molecule has 1 aromatic carbocycles. The number of thioether (sulfide) groups is 1. The Morgan fingerprint density at radius 3 is 2.88 bits per heavy atom. The number of nitrogens with zero attached hydrogens (tertiary/aromatic N) is 6. The first-order valence-electron chi connectivity index (χ1n) is 7.66. The average molecular weight is 359 g/mol. The highest BCUT2D eigenvalue weighted by atomic mass is 32.2. The molecular formula is C15H17N7O2S. The zero-order valence-electron chi connectivity index (χ0n) is 13.8. The van der Waals surface area contributed by atoms with Crippen molar-refractivity contribution in [2.75, 3.05) is 12.3 Å². The van der Waals surface area contributed by atoms with E-state index in [9.17, 15) is 9.59 Å². The van der Waals surface area contributed by atoms with Gasteiger partial charge in [0.05, 0.1) is 5.39 Å². The Kier molecular flexibility index (Phi) is 5.08. The van der Waals surface area contributed by atoms with Crippen molar-refractivity contribution in [2.45, 2.75) is 18.1 Å². The molecular weight excluding hydrogens is 342 g/mol. The van der Waals surface area contributed by atoms with Crippen molar-refractivity contribution < 1.29 is 4.79 Å². The first-order chi connectivity index (χ1) is 12.1. The highest BCUT2D eigenvalue weighted by Crippen LogP contribution is 2.12. The quantitative estimate of drug-likeness (QED) is 0.501. The van der Waals surface area contributed by atoms with Gasteiger partial charge in [-0.25, -0.2) is 0 Å². The van der Waals surface area contributed by atoms with Crippen molar-refractivity contribution in [2.24, 2.45) is 7.05 Å². The van der Waals surface area contributed by atoms with Crippen molar-refractivity contribution in [1.29, 1.82) is 0 Å². The van der Waals surface area contributed by atoms with Gasteiger partial charge >= 0.3 is 0 Å². The number of fused-ring (bicyclic) bond motifs is 1. The second-order valence-corrected chi connectivity index (χ2v) is 6.46. The van der Waals surface area contributed by atoms with Crippen LogP contribution in [0, 0.1) is 0 Å². The summed E-state index contributed by atoms with van der Waals surface area (Å²) in [4.78, 5) is 24.7. The van der Waals surface area contributed by atoms with Crippen LogP contribution < -0.4 is 10.9 Å². The van der Waals surface area contributed by atoms with Crippen LogP contribution in [0.2, 0.25) is 0 Å². The number of benzene rings is 1. The summed E-state index contributed by atoms with van der Waals surface area (Å²) in [5.41, 5.74) is 0.179. The summed E-state index contributed by atoms with van der Waals surface area (Å²) in [5.74, 6) is 0.355. The largest absolute Gasteiger partial charge is 0.353 e. The van der Waals surface area contributed by atoms with Gasteiger partial charge in [0, 0.05) is 19.3 Å². The van der Waals surface area contributed by atoms with Gasteiger partial charge in [-0.05, 0) is 19.1 Å². The lowest BCUT2D eigenvalue weighted by Crippen LogP contribution is -2.38. The van der Waals surface area contributed by atoms with Crippen LogP contribution in [0.3, 0.4) is 0 Å². The van der Waals surface area contributed by atoms with E-state index < -0.39 is 6.04 Å². The number of hydrogen-bond donors (Lipinski definition) is 1. The van der Waals surface area contributed by atoms with E-state index in [1.165, 1.54) is 11.8 Å². The first-order valence-corrected chi connectivity index (χ1v) is 8.65. The van der Waals surface area contributed by atoms with E-state index >= 15 is 0 Å². The van der Waals surface area contributed by atoms with Crippen LogP contribution in [0.4, 0.5) is 0 Å². The maximum atomic E-state index is 12.5. The molecule has 3 aromatic rings. The molecule has 130 valence electrons. The monoisotopic (exact) mass is 359 g/mol. The molecule has 9 nitrogen and oxygen atoms in total. The van der Waals surface area contributed by atoms with E-state index in [4.69, 9.17) is 0 Å². The Labute approximate surface area is 147 Å². The van der Waals surface area contributed by atoms with E-state index in [0.29, 0.717) is 23.2 Å². The van der Waals surface area contributed by atoms with E-state index in [2.05, 4.69) is 25.8 Å². The lowest BCUT2D eigenvalue weighted by Gasteiger charge is -2.13. The lowest BCUT2D eigenvalue weighted by atomic mass is 10.2. The van der Waals surface area contributed by atoms with Gasteiger partial charge in [-0.1, -0.05) is 29.1 Å². The molecule has 0 radical (unpaired) electrons. The van der Waals surface area contributed by atoms with Crippen LogP contribution in [0.5, 0.6) is 0 Å². The molecule has 2 aromatic heterocycles. The summed E-state index contributed by atoms with van der Waals surface area (Å²) in [7, 11) is 1.85. The van der Waals surface area contributed by atoms with Crippen molar-refractivity contribution in [3.63, 3.8) is 0 Å². The van der Waals surface area contributed by atoms with Crippen LogP contribution in [-0.2, 0) is 11.8 Å². The molecule has 0 spiro atoms. The minimum atomic E-state index is -0.746. The molecule has 1 amide bonds. The average Bonchev–Trinajstić information content (AvgIpc) is 3.03. The Morgan fingerprint density at radius 1 is 1.32 bits per heavy atom. The highest BCUT2D eigenvalue weighted by Gasteiger charge is 2.18. The maximum Gasteiger partial charge on any atom is 0.278 e. The van der Waals surface area contributed by atoms with Gasteiger partial charge in [0.1, 0.15) is 17.9 Å². The van der Waals surface area contributed by atoms with Gasteiger partial charge < -0.3 is 9.88 Å². The fraction of sp³-hybridized carbons (Fsp3) is 0.333. The van der Waals surface area contributed by atoms with Crippen molar-refractivity contribution >= 4 is 28.6 Å². The Hall–Kier alpha value is -2.75. The van der Waals surface area contributed by atoms with Crippen molar-refractivity contribution in [3.05, 3.63) is 40.9 Å². The molecule has 0 saturated carbocycles. The smallest absolute Gasteiger partial charge is 0.278 e. The van der Waals surface area contributed by atoms with Gasteiger partial charge in [-0.3, -0.25) is 9.59 Å². The van der Waals surface area contributed by atoms with Gasteiger partial charge in [0.25, 0.3) is 5.56 Å². The molecule has 3 rings (SSSR count). The molecule has 0 saturated heterocycles. The molecule has 0 bridgehead atoms. The number of rotatable bonds is 6. The molecule has 0 aliphatic carbocycles. The molecule has 0 fully saturated rings. The second-order valence-electron chi connectivity index (χ2n) is 5.40. The van der Waals surface area contributed by atoms with E-state index in [0.717, 1.165) is 9.84 Å². The zero-order valence-corrected chi connectivity index (χ0v) is 14.6. The van der Waals surface area contributed by atoms with Gasteiger partial charge in [-0.15, -0.1) is 15.3 Å². The van der Waals surface area contributed by atoms with Crippen LogP contribution >= 0.6 is 11.8 Å². The van der Waals surface area contributed by atoms with Gasteiger partial charge in [-0.2, -0.15) is 4.68 Å². The fourth-order valence-corrected chi connectivity index (χ4v) is 2.98. The minimum absolute atomic E-state index is 0.287. The number of aromatic nitrogens is 6. The number of hydrogen-bond acceptors (Lipinski definition) is 7. The van der Waals surface area contributed by atoms with Crippen LogP contribution in [-0.4, -0.2) is 48.0 Å². The molecule has 0 aliphatic heterocycles. The molecule has 1 unspecified atom stereocenters. The van der Waals surface area contributed by atoms with E-state index in [1.807, 2.05) is 7.05 Å². The third-order valence-electron chi connectivity index (χ3n) is 3.64. The molecule has 10 heteroatoms. The van der Waals surface area contributed by atoms with Gasteiger partial charge in [0.2, 0.25) is 5.91 Å². The summed E-state index contributed by atoms with van der Waals surface area (Å²) >= 11 is 1.49. The maximum absolute atomic E-state index is 12.5. The molecule has 2 heterocycles. The summed E-state index contributed by atoms with van der Waals surface area (Å²) < 4.78 is 2.91. The van der Waals surface area contributed by atoms with Crippen LogP contribution in [0.15, 0.2) is 40.5 Å². The summed E-state index contributed by atoms with van der Waals surface area (Å²) in [6.07, 6.45) is 1.62. The Morgan fingerprint density at radius 2 is 2.12 bits per heavy atom. The lowest BCUT2D eigenvalue weighted by molar-refractivity contribution is -0.124. The van der Waals surface area contributed by atoms with Crippen LogP contribution in [0.25, 0.3) is 10.9 Å².